The Labute approximate surface area is 141 Å². The molecule has 0 aromatic carbocycles. The van der Waals surface area contributed by atoms with Gasteiger partial charge in [-0.2, -0.15) is 0 Å². The van der Waals surface area contributed by atoms with Crippen molar-refractivity contribution >= 4 is 6.09 Å². The van der Waals surface area contributed by atoms with Gasteiger partial charge in [0.25, 0.3) is 0 Å². The summed E-state index contributed by atoms with van der Waals surface area (Å²) in [5.41, 5.74) is -0.438. The number of hydrogen-bond acceptors (Lipinski definition) is 4. The second-order valence-corrected chi connectivity index (χ2v) is 8.30. The van der Waals surface area contributed by atoms with Gasteiger partial charge >= 0.3 is 6.09 Å². The Morgan fingerprint density at radius 2 is 1.91 bits per heavy atom. The van der Waals surface area contributed by atoms with Crippen molar-refractivity contribution in [3.05, 3.63) is 0 Å². The van der Waals surface area contributed by atoms with Gasteiger partial charge in [0.05, 0.1) is 0 Å². The first-order valence-corrected chi connectivity index (χ1v) is 9.25. The molecule has 1 saturated carbocycles. The zero-order valence-corrected chi connectivity index (χ0v) is 15.4. The molecule has 2 aliphatic rings. The molecule has 2 atom stereocenters. The van der Waals surface area contributed by atoms with Crippen LogP contribution in [0.1, 0.15) is 59.3 Å². The number of amides is 1. The highest BCUT2D eigenvalue weighted by atomic mass is 16.6. The second-order valence-electron chi connectivity index (χ2n) is 8.30. The summed E-state index contributed by atoms with van der Waals surface area (Å²) < 4.78 is 5.37. The lowest BCUT2D eigenvalue weighted by Gasteiger charge is -2.35. The predicted molar refractivity (Wildman–Crippen MR) is 93.6 cm³/mol. The highest BCUT2D eigenvalue weighted by molar-refractivity contribution is 5.67. The van der Waals surface area contributed by atoms with Crippen LogP contribution in [0.25, 0.3) is 0 Å². The molecule has 0 spiro atoms. The third kappa shape index (κ3) is 6.68. The molecule has 5 nitrogen and oxygen atoms in total. The summed E-state index contributed by atoms with van der Waals surface area (Å²) in [6.45, 7) is 8.67. The van der Waals surface area contributed by atoms with E-state index in [1.54, 1.807) is 0 Å². The zero-order chi connectivity index (χ0) is 16.9. The molecule has 1 aliphatic heterocycles. The zero-order valence-electron chi connectivity index (χ0n) is 15.4. The number of carbonyl (C=O) groups is 1. The molecule has 2 fully saturated rings. The van der Waals surface area contributed by atoms with Gasteiger partial charge < -0.3 is 20.3 Å². The summed E-state index contributed by atoms with van der Waals surface area (Å²) in [5, 5.41) is 6.81. The number of piperidine rings is 1. The van der Waals surface area contributed by atoms with Crippen molar-refractivity contribution in [3.63, 3.8) is 0 Å². The van der Waals surface area contributed by atoms with Gasteiger partial charge in [-0.25, -0.2) is 4.79 Å². The summed E-state index contributed by atoms with van der Waals surface area (Å²) in [7, 11) is 2.19. The molecular formula is C18H35N3O2. The van der Waals surface area contributed by atoms with E-state index >= 15 is 0 Å². The topological polar surface area (TPSA) is 53.6 Å². The lowest BCUT2D eigenvalue weighted by atomic mass is 9.95. The summed E-state index contributed by atoms with van der Waals surface area (Å²) in [5.74, 6) is 0.678. The number of likely N-dealkylation sites (N-methyl/N-ethyl adjacent to an activating group) is 1. The van der Waals surface area contributed by atoms with E-state index in [0.717, 1.165) is 6.54 Å². The number of hydrogen-bond donors (Lipinski definition) is 2. The van der Waals surface area contributed by atoms with Gasteiger partial charge in [-0.15, -0.1) is 0 Å². The summed E-state index contributed by atoms with van der Waals surface area (Å²) in [6, 6.07) is 0.904. The van der Waals surface area contributed by atoms with Gasteiger partial charge in [0.15, 0.2) is 0 Å². The lowest BCUT2D eigenvalue weighted by Crippen LogP contribution is -2.53. The first-order chi connectivity index (χ1) is 10.8. The van der Waals surface area contributed by atoms with E-state index in [2.05, 4.69) is 22.6 Å². The van der Waals surface area contributed by atoms with Gasteiger partial charge in [-0.05, 0) is 66.0 Å². The van der Waals surface area contributed by atoms with Crippen molar-refractivity contribution in [2.45, 2.75) is 77.0 Å². The maximum Gasteiger partial charge on any atom is 0.407 e. The molecule has 5 heteroatoms. The molecule has 0 aromatic rings. The van der Waals surface area contributed by atoms with E-state index in [4.69, 9.17) is 4.74 Å². The maximum atomic E-state index is 12.0. The van der Waals surface area contributed by atoms with Gasteiger partial charge in [0.2, 0.25) is 0 Å². The van der Waals surface area contributed by atoms with Crippen molar-refractivity contribution < 1.29 is 9.53 Å². The van der Waals surface area contributed by atoms with Crippen LogP contribution in [-0.2, 0) is 4.74 Å². The average molecular weight is 325 g/mol. The van der Waals surface area contributed by atoms with Crippen LogP contribution < -0.4 is 10.6 Å². The first-order valence-electron chi connectivity index (χ1n) is 9.25. The van der Waals surface area contributed by atoms with E-state index < -0.39 is 5.60 Å². The highest BCUT2D eigenvalue weighted by Crippen LogP contribution is 2.28. The molecule has 134 valence electrons. The van der Waals surface area contributed by atoms with Crippen LogP contribution >= 0.6 is 0 Å². The Bertz CT molecular complexity index is 375. The molecule has 0 aromatic heterocycles. The number of nitrogens with one attached hydrogen (secondary N) is 2. The number of likely N-dealkylation sites (tertiary alicyclic amines) is 1. The minimum atomic E-state index is -0.438. The summed E-state index contributed by atoms with van der Waals surface area (Å²) in [6.07, 6.45) is 7.38. The number of alkyl carbamates (subject to hydrolysis) is 1. The number of carbonyl (C=O) groups excluding carboxylic acids is 1. The van der Waals surface area contributed by atoms with Crippen molar-refractivity contribution in [1.29, 1.82) is 0 Å². The Morgan fingerprint density at radius 1 is 1.22 bits per heavy atom. The maximum absolute atomic E-state index is 12.0. The van der Waals surface area contributed by atoms with Crippen LogP contribution in [0.15, 0.2) is 0 Å². The Morgan fingerprint density at radius 3 is 2.52 bits per heavy atom. The quantitative estimate of drug-likeness (QED) is 0.816. The molecule has 1 heterocycles. The fraction of sp³-hybridized carbons (Fsp3) is 0.944. The fourth-order valence-electron chi connectivity index (χ4n) is 3.83. The van der Waals surface area contributed by atoms with Crippen LogP contribution in [0, 0.1) is 5.92 Å². The molecule has 2 unspecified atom stereocenters. The van der Waals surface area contributed by atoms with E-state index in [0.29, 0.717) is 24.5 Å². The molecular weight excluding hydrogens is 290 g/mol. The van der Waals surface area contributed by atoms with Gasteiger partial charge in [0.1, 0.15) is 5.60 Å². The molecule has 2 N–H and O–H groups in total. The minimum Gasteiger partial charge on any atom is -0.444 e. The van der Waals surface area contributed by atoms with Crippen molar-refractivity contribution in [1.82, 2.24) is 15.5 Å². The molecule has 2 rings (SSSR count). The molecule has 1 amide bonds. The van der Waals surface area contributed by atoms with Crippen LogP contribution in [-0.4, -0.2) is 55.4 Å². The number of ether oxygens (including phenoxy) is 1. The standard InChI is InChI=1S/C18H35N3O2/c1-18(2,3)23-17(22)19-12-16(14-8-5-6-9-14)20-15-10-7-11-21(4)13-15/h14-16,20H,5-13H2,1-4H3,(H,19,22). The first kappa shape index (κ1) is 18.5. The van der Waals surface area contributed by atoms with Crippen molar-refractivity contribution in [3.8, 4) is 0 Å². The van der Waals surface area contributed by atoms with E-state index in [1.807, 2.05) is 20.8 Å². The van der Waals surface area contributed by atoms with Gasteiger partial charge in [-0.1, -0.05) is 12.8 Å². The number of rotatable bonds is 5. The van der Waals surface area contributed by atoms with Crippen molar-refractivity contribution in [2.75, 3.05) is 26.7 Å². The molecule has 1 aliphatic carbocycles. The van der Waals surface area contributed by atoms with Gasteiger partial charge in [0, 0.05) is 25.2 Å². The van der Waals surface area contributed by atoms with E-state index in [9.17, 15) is 4.79 Å². The Balaban J connectivity index is 1.85. The molecule has 1 saturated heterocycles. The Kier molecular flexibility index (Phi) is 6.72. The van der Waals surface area contributed by atoms with Gasteiger partial charge in [-0.3, -0.25) is 0 Å². The molecule has 23 heavy (non-hydrogen) atoms. The second kappa shape index (κ2) is 8.34. The normalized spacial score (nSPS) is 25.3. The summed E-state index contributed by atoms with van der Waals surface area (Å²) >= 11 is 0. The summed E-state index contributed by atoms with van der Waals surface area (Å²) in [4.78, 5) is 14.3. The largest absolute Gasteiger partial charge is 0.444 e. The highest BCUT2D eigenvalue weighted by Gasteiger charge is 2.29. The van der Waals surface area contributed by atoms with Crippen LogP contribution in [0.5, 0.6) is 0 Å². The third-order valence-corrected chi connectivity index (χ3v) is 4.91. The fourth-order valence-corrected chi connectivity index (χ4v) is 3.83. The average Bonchev–Trinajstić information content (AvgIpc) is 2.95. The van der Waals surface area contributed by atoms with Crippen LogP contribution in [0.3, 0.4) is 0 Å². The third-order valence-electron chi connectivity index (χ3n) is 4.91. The number of nitrogens with zero attached hydrogens (tertiary/aromatic N) is 1. The van der Waals surface area contributed by atoms with E-state index in [1.165, 1.54) is 45.1 Å². The predicted octanol–water partition coefficient (Wildman–Crippen LogP) is 2.75. The monoisotopic (exact) mass is 325 g/mol. The van der Waals surface area contributed by atoms with E-state index in [-0.39, 0.29) is 6.09 Å². The minimum absolute atomic E-state index is 0.303. The lowest BCUT2D eigenvalue weighted by molar-refractivity contribution is 0.0515. The van der Waals surface area contributed by atoms with Crippen LogP contribution in [0.4, 0.5) is 4.79 Å². The molecule has 0 bridgehead atoms. The SMILES string of the molecule is CN1CCCC(NC(CNC(=O)OC(C)(C)C)C2CCCC2)C1. The Hall–Kier alpha value is -0.810. The smallest absolute Gasteiger partial charge is 0.407 e. The van der Waals surface area contributed by atoms with Crippen LogP contribution in [0.2, 0.25) is 0 Å². The molecule has 0 radical (unpaired) electrons. The van der Waals surface area contributed by atoms with Crippen molar-refractivity contribution in [2.24, 2.45) is 5.92 Å².